The normalized spacial score (nSPS) is 11.7. The van der Waals surface area contributed by atoms with Crippen LogP contribution in [-0.2, 0) is 4.79 Å². The Balaban J connectivity index is 3.21. The number of carbonyl (C=O) groups is 1. The first-order valence-corrected chi connectivity index (χ1v) is 6.81. The van der Waals surface area contributed by atoms with E-state index in [4.69, 9.17) is 9.47 Å². The zero-order valence-corrected chi connectivity index (χ0v) is 13.2. The van der Waals surface area contributed by atoms with Crippen LogP contribution in [0.25, 0.3) is 6.08 Å². The van der Waals surface area contributed by atoms with Crippen molar-refractivity contribution in [3.8, 4) is 17.6 Å². The average molecular weight is 287 g/mol. The van der Waals surface area contributed by atoms with Crippen molar-refractivity contribution in [3.63, 3.8) is 0 Å². The summed E-state index contributed by atoms with van der Waals surface area (Å²) in [5.74, 6) is 1.03. The molecule has 1 rings (SSSR count). The summed E-state index contributed by atoms with van der Waals surface area (Å²) in [5.41, 5.74) is 0.278. The van der Waals surface area contributed by atoms with E-state index in [0.29, 0.717) is 18.1 Å². The minimum absolute atomic E-state index is 0.134. The van der Waals surface area contributed by atoms with Gasteiger partial charge in [-0.3, -0.25) is 4.79 Å². The summed E-state index contributed by atoms with van der Waals surface area (Å²) in [6, 6.07) is 7.28. The van der Waals surface area contributed by atoms with E-state index in [2.05, 4.69) is 0 Å². The Morgan fingerprint density at radius 3 is 2.48 bits per heavy atom. The third kappa shape index (κ3) is 4.35. The van der Waals surface area contributed by atoms with Gasteiger partial charge >= 0.3 is 0 Å². The van der Waals surface area contributed by atoms with E-state index in [1.807, 2.05) is 13.0 Å². The lowest BCUT2D eigenvalue weighted by atomic mass is 9.86. The Morgan fingerprint density at radius 1 is 1.33 bits per heavy atom. The smallest absolute Gasteiger partial charge is 0.178 e. The summed E-state index contributed by atoms with van der Waals surface area (Å²) in [6.07, 6.45) is 1.58. The molecule has 0 aliphatic carbocycles. The van der Waals surface area contributed by atoms with Gasteiger partial charge in [-0.1, -0.05) is 26.8 Å². The van der Waals surface area contributed by atoms with Crippen LogP contribution in [0.1, 0.15) is 33.3 Å². The van der Waals surface area contributed by atoms with E-state index in [9.17, 15) is 10.1 Å². The first-order valence-electron chi connectivity index (χ1n) is 6.81. The summed E-state index contributed by atoms with van der Waals surface area (Å²) >= 11 is 0. The maximum absolute atomic E-state index is 12.2. The van der Waals surface area contributed by atoms with Gasteiger partial charge in [0.2, 0.25) is 0 Å². The Morgan fingerprint density at radius 2 is 2.00 bits per heavy atom. The molecule has 0 aromatic heterocycles. The summed E-state index contributed by atoms with van der Waals surface area (Å²) in [4.78, 5) is 12.2. The molecule has 0 spiro atoms. The van der Waals surface area contributed by atoms with Gasteiger partial charge in [0.1, 0.15) is 6.07 Å². The Hall–Kier alpha value is -2.28. The third-order valence-electron chi connectivity index (χ3n) is 2.84. The number of methoxy groups -OCH3 is 1. The fraction of sp³-hybridized carbons (Fsp3) is 0.412. The van der Waals surface area contributed by atoms with E-state index < -0.39 is 5.41 Å². The lowest BCUT2D eigenvalue weighted by Crippen LogP contribution is -2.21. The molecule has 1 aromatic rings. The number of benzene rings is 1. The zero-order chi connectivity index (χ0) is 16.0. The molecular formula is C17H21NO3. The number of ether oxygens (including phenoxy) is 2. The second-order valence-corrected chi connectivity index (χ2v) is 5.59. The fourth-order valence-electron chi connectivity index (χ4n) is 1.77. The Labute approximate surface area is 126 Å². The average Bonchev–Trinajstić information content (AvgIpc) is 2.43. The highest BCUT2D eigenvalue weighted by molar-refractivity contribution is 6.06. The number of Topliss-reactive ketones (excluding diaryl/α,β-unsaturated/α-hetero) is 1. The van der Waals surface area contributed by atoms with Gasteiger partial charge in [0.15, 0.2) is 17.3 Å². The number of rotatable bonds is 5. The maximum atomic E-state index is 12.2. The predicted octanol–water partition coefficient (Wildman–Crippen LogP) is 3.62. The van der Waals surface area contributed by atoms with Crippen LogP contribution < -0.4 is 9.47 Å². The van der Waals surface area contributed by atoms with Crippen LogP contribution in [0.2, 0.25) is 0 Å². The van der Waals surface area contributed by atoms with Crippen molar-refractivity contribution in [2.75, 3.05) is 13.7 Å². The summed E-state index contributed by atoms with van der Waals surface area (Å²) in [5, 5.41) is 9.20. The zero-order valence-electron chi connectivity index (χ0n) is 13.2. The first kappa shape index (κ1) is 16.8. The molecule has 0 saturated carbocycles. The van der Waals surface area contributed by atoms with Crippen molar-refractivity contribution in [1.29, 1.82) is 5.26 Å². The lowest BCUT2D eigenvalue weighted by molar-refractivity contribution is -0.121. The van der Waals surface area contributed by atoms with Crippen LogP contribution in [-0.4, -0.2) is 19.5 Å². The van der Waals surface area contributed by atoms with Gasteiger partial charge in [-0.25, -0.2) is 0 Å². The molecule has 0 aliphatic heterocycles. The number of ketones is 1. The minimum Gasteiger partial charge on any atom is -0.493 e. The standard InChI is InChI=1S/C17H21NO3/c1-6-21-15-10-12(7-8-14(15)20-5)9-13(11-18)16(19)17(2,3)4/h7-10H,6H2,1-5H3. The van der Waals surface area contributed by atoms with Crippen LogP contribution in [0.3, 0.4) is 0 Å². The molecule has 0 N–H and O–H groups in total. The van der Waals surface area contributed by atoms with Crippen LogP contribution in [0, 0.1) is 16.7 Å². The summed E-state index contributed by atoms with van der Waals surface area (Å²) < 4.78 is 10.7. The molecule has 1 aromatic carbocycles. The Kier molecular flexibility index (Phi) is 5.54. The maximum Gasteiger partial charge on any atom is 0.178 e. The molecule has 0 saturated heterocycles. The topological polar surface area (TPSA) is 59.3 Å². The monoisotopic (exact) mass is 287 g/mol. The molecular weight excluding hydrogens is 266 g/mol. The van der Waals surface area contributed by atoms with Gasteiger partial charge in [0.05, 0.1) is 19.3 Å². The largest absolute Gasteiger partial charge is 0.493 e. The summed E-state index contributed by atoms with van der Waals surface area (Å²) in [7, 11) is 1.57. The number of hydrogen-bond donors (Lipinski definition) is 0. The van der Waals surface area contributed by atoms with Gasteiger partial charge in [0, 0.05) is 5.41 Å². The van der Waals surface area contributed by atoms with E-state index in [1.54, 1.807) is 52.2 Å². The third-order valence-corrected chi connectivity index (χ3v) is 2.84. The second kappa shape index (κ2) is 6.94. The van der Waals surface area contributed by atoms with Gasteiger partial charge in [-0.05, 0) is 30.7 Å². The highest BCUT2D eigenvalue weighted by Crippen LogP contribution is 2.29. The van der Waals surface area contributed by atoms with Crippen molar-refractivity contribution in [2.45, 2.75) is 27.7 Å². The second-order valence-electron chi connectivity index (χ2n) is 5.59. The summed E-state index contributed by atoms with van der Waals surface area (Å²) in [6.45, 7) is 7.77. The first-order chi connectivity index (χ1) is 9.83. The minimum atomic E-state index is -0.587. The highest BCUT2D eigenvalue weighted by atomic mass is 16.5. The van der Waals surface area contributed by atoms with E-state index in [0.717, 1.165) is 5.56 Å². The molecule has 0 radical (unpaired) electrons. The molecule has 0 aliphatic rings. The molecule has 0 atom stereocenters. The van der Waals surface area contributed by atoms with Crippen molar-refractivity contribution >= 4 is 11.9 Å². The fourth-order valence-corrected chi connectivity index (χ4v) is 1.77. The predicted molar refractivity (Wildman–Crippen MR) is 82.2 cm³/mol. The van der Waals surface area contributed by atoms with Crippen molar-refractivity contribution in [1.82, 2.24) is 0 Å². The van der Waals surface area contributed by atoms with Crippen molar-refractivity contribution in [3.05, 3.63) is 29.3 Å². The molecule has 112 valence electrons. The van der Waals surface area contributed by atoms with Crippen molar-refractivity contribution in [2.24, 2.45) is 5.41 Å². The van der Waals surface area contributed by atoms with Crippen LogP contribution in [0.15, 0.2) is 23.8 Å². The molecule has 0 unspecified atom stereocenters. The molecule has 0 bridgehead atoms. The molecule has 0 heterocycles. The molecule has 4 nitrogen and oxygen atoms in total. The van der Waals surface area contributed by atoms with Crippen LogP contribution in [0.5, 0.6) is 11.5 Å². The molecule has 0 fully saturated rings. The number of allylic oxidation sites excluding steroid dienone is 1. The van der Waals surface area contributed by atoms with Crippen LogP contribution in [0.4, 0.5) is 0 Å². The van der Waals surface area contributed by atoms with Gasteiger partial charge in [0.25, 0.3) is 0 Å². The number of carbonyl (C=O) groups excluding carboxylic acids is 1. The van der Waals surface area contributed by atoms with E-state index >= 15 is 0 Å². The number of nitriles is 1. The van der Waals surface area contributed by atoms with Crippen LogP contribution >= 0.6 is 0 Å². The lowest BCUT2D eigenvalue weighted by Gasteiger charge is -2.15. The molecule has 4 heteroatoms. The Bertz CT molecular complexity index is 589. The number of hydrogen-bond acceptors (Lipinski definition) is 4. The van der Waals surface area contributed by atoms with Gasteiger partial charge < -0.3 is 9.47 Å². The van der Waals surface area contributed by atoms with E-state index in [-0.39, 0.29) is 11.4 Å². The van der Waals surface area contributed by atoms with Crippen molar-refractivity contribution < 1.29 is 14.3 Å². The molecule has 21 heavy (non-hydrogen) atoms. The van der Waals surface area contributed by atoms with Gasteiger partial charge in [-0.2, -0.15) is 5.26 Å². The molecule has 0 amide bonds. The van der Waals surface area contributed by atoms with E-state index in [1.165, 1.54) is 0 Å². The highest BCUT2D eigenvalue weighted by Gasteiger charge is 2.25. The quantitative estimate of drug-likeness (QED) is 0.613. The number of nitrogens with zero attached hydrogens (tertiary/aromatic N) is 1. The SMILES string of the molecule is CCOc1cc(C=C(C#N)C(=O)C(C)(C)C)ccc1OC. The van der Waals surface area contributed by atoms with Gasteiger partial charge in [-0.15, -0.1) is 0 Å².